The lowest BCUT2D eigenvalue weighted by atomic mass is 9.68. The van der Waals surface area contributed by atoms with E-state index in [1.165, 1.54) is 34.4 Å². The third kappa shape index (κ3) is 5.83. The maximum Gasteiger partial charge on any atom is 0.236 e. The molecule has 41 heavy (non-hydrogen) atoms. The minimum atomic E-state index is -0.621. The van der Waals surface area contributed by atoms with Crippen LogP contribution in [0, 0.1) is 16.7 Å². The number of anilines is 2. The van der Waals surface area contributed by atoms with Gasteiger partial charge in [-0.3, -0.25) is 19.8 Å². The second-order valence-electron chi connectivity index (χ2n) is 10.3. The Balaban J connectivity index is 1.46. The summed E-state index contributed by atoms with van der Waals surface area (Å²) in [6.45, 7) is 6.05. The summed E-state index contributed by atoms with van der Waals surface area (Å²) < 4.78 is 5.96. The first-order valence-corrected chi connectivity index (χ1v) is 15.4. The summed E-state index contributed by atoms with van der Waals surface area (Å²) in [4.78, 5) is 27.9. The minimum absolute atomic E-state index is 0.0342. The molecule has 3 N–H and O–H groups in total. The van der Waals surface area contributed by atoms with E-state index >= 15 is 0 Å². The van der Waals surface area contributed by atoms with Crippen molar-refractivity contribution in [3.63, 3.8) is 0 Å². The van der Waals surface area contributed by atoms with Crippen molar-refractivity contribution in [3.8, 4) is 11.8 Å². The predicted molar refractivity (Wildman–Crippen MR) is 159 cm³/mol. The molecule has 0 bridgehead atoms. The van der Waals surface area contributed by atoms with Crippen LogP contribution in [0.1, 0.15) is 50.1 Å². The maximum atomic E-state index is 13.7. The summed E-state index contributed by atoms with van der Waals surface area (Å²) in [6, 6.07) is 9.62. The Bertz CT molecular complexity index is 1620. The molecule has 11 nitrogen and oxygen atoms in total. The van der Waals surface area contributed by atoms with E-state index in [1.54, 1.807) is 12.0 Å². The molecule has 0 radical (unpaired) electrons. The number of allylic oxidation sites excluding steroid dienone is 3. The minimum Gasteiger partial charge on any atom is -0.497 e. The number of nitriles is 1. The van der Waals surface area contributed by atoms with Gasteiger partial charge in [-0.1, -0.05) is 67.3 Å². The SMILES string of the molecule is CCc1nnc(NC(=O)CSc2nnc(N3C(N)=C(C#N)C(c4cccc(OC)c4)C4=C3CC(C)(C)CC4=O)s2)s1. The number of Topliss-reactive ketones (excluding diaryl/α,β-unsaturated/α-hetero) is 1. The Morgan fingerprint density at radius 1 is 1.27 bits per heavy atom. The van der Waals surface area contributed by atoms with Crippen LogP contribution in [0.25, 0.3) is 0 Å². The lowest BCUT2D eigenvalue weighted by molar-refractivity contribution is -0.118. The van der Waals surface area contributed by atoms with Crippen molar-refractivity contribution in [2.45, 2.75) is 50.3 Å². The van der Waals surface area contributed by atoms with Gasteiger partial charge in [-0.15, -0.1) is 20.4 Å². The molecule has 1 amide bonds. The van der Waals surface area contributed by atoms with Gasteiger partial charge in [0, 0.05) is 17.7 Å². The number of nitrogens with zero attached hydrogens (tertiary/aromatic N) is 6. The Hall–Kier alpha value is -3.80. The number of aryl methyl sites for hydroxylation is 1. The summed E-state index contributed by atoms with van der Waals surface area (Å²) in [7, 11) is 1.57. The first kappa shape index (κ1) is 28.7. The fourth-order valence-corrected chi connectivity index (χ4v) is 7.34. The van der Waals surface area contributed by atoms with Crippen LogP contribution in [-0.4, -0.2) is 44.9 Å². The second kappa shape index (κ2) is 11.6. The van der Waals surface area contributed by atoms with Crippen molar-refractivity contribution in [2.75, 3.05) is 23.1 Å². The van der Waals surface area contributed by atoms with Crippen molar-refractivity contribution >= 4 is 56.4 Å². The third-order valence-corrected chi connectivity index (χ3v) is 9.76. The molecule has 0 spiro atoms. The van der Waals surface area contributed by atoms with Gasteiger partial charge in [0.2, 0.25) is 16.2 Å². The molecule has 2 aromatic heterocycles. The van der Waals surface area contributed by atoms with Gasteiger partial charge in [-0.2, -0.15) is 5.26 Å². The van der Waals surface area contributed by atoms with Gasteiger partial charge in [-0.25, -0.2) is 0 Å². The summed E-state index contributed by atoms with van der Waals surface area (Å²) in [5.74, 6) is 0.0377. The average Bonchev–Trinajstić information content (AvgIpc) is 3.60. The van der Waals surface area contributed by atoms with E-state index < -0.39 is 5.92 Å². The number of hydrogen-bond donors (Lipinski definition) is 2. The van der Waals surface area contributed by atoms with Gasteiger partial charge in [0.05, 0.1) is 30.4 Å². The number of benzene rings is 1. The van der Waals surface area contributed by atoms with Gasteiger partial charge < -0.3 is 10.5 Å². The first-order chi connectivity index (χ1) is 19.6. The van der Waals surface area contributed by atoms with Crippen molar-refractivity contribution in [1.82, 2.24) is 20.4 Å². The molecule has 14 heteroatoms. The highest BCUT2D eigenvalue weighted by Crippen LogP contribution is 2.51. The average molecular weight is 609 g/mol. The maximum absolute atomic E-state index is 13.7. The van der Waals surface area contributed by atoms with E-state index in [0.29, 0.717) is 44.5 Å². The lowest BCUT2D eigenvalue weighted by Gasteiger charge is -2.42. The molecule has 5 rings (SSSR count). The molecule has 212 valence electrons. The van der Waals surface area contributed by atoms with Crippen LogP contribution < -0.4 is 20.7 Å². The van der Waals surface area contributed by atoms with E-state index in [4.69, 9.17) is 10.5 Å². The van der Waals surface area contributed by atoms with Crippen LogP contribution in [0.15, 0.2) is 51.3 Å². The Kier molecular flexibility index (Phi) is 8.12. The number of carbonyl (C=O) groups excluding carboxylic acids is 2. The molecule has 1 unspecified atom stereocenters. The summed E-state index contributed by atoms with van der Waals surface area (Å²) in [5.41, 5.74) is 8.65. The normalized spacial score (nSPS) is 18.3. The van der Waals surface area contributed by atoms with E-state index in [-0.39, 0.29) is 34.3 Å². The van der Waals surface area contributed by atoms with Crippen LogP contribution in [0.4, 0.5) is 10.3 Å². The van der Waals surface area contributed by atoms with Crippen LogP contribution >= 0.6 is 34.4 Å². The zero-order chi connectivity index (χ0) is 29.3. The highest BCUT2D eigenvalue weighted by atomic mass is 32.2. The predicted octanol–water partition coefficient (Wildman–Crippen LogP) is 4.63. The number of nitrogens with one attached hydrogen (secondary N) is 1. The Labute approximate surface area is 249 Å². The van der Waals surface area contributed by atoms with Gasteiger partial charge >= 0.3 is 0 Å². The number of thioether (sulfide) groups is 1. The van der Waals surface area contributed by atoms with Crippen LogP contribution in [0.2, 0.25) is 0 Å². The van der Waals surface area contributed by atoms with Crippen LogP contribution in [0.3, 0.4) is 0 Å². The first-order valence-electron chi connectivity index (χ1n) is 12.8. The number of amides is 1. The number of carbonyl (C=O) groups is 2. The Morgan fingerprint density at radius 2 is 2.07 bits per heavy atom. The largest absolute Gasteiger partial charge is 0.497 e. The molecule has 1 aliphatic heterocycles. The number of ketones is 1. The number of ether oxygens (including phenoxy) is 1. The zero-order valence-corrected chi connectivity index (χ0v) is 25.4. The standard InChI is InChI=1S/C27H28N8O3S3/c1-5-20-31-32-24(40-20)30-19(37)13-39-26-34-33-25(41-26)35-17-10-27(2,3)11-18(36)22(17)21(16(12-28)23(35)29)14-7-6-8-15(9-14)38-4/h6-9,21H,5,10-11,13,29H2,1-4H3,(H,30,32,37). The summed E-state index contributed by atoms with van der Waals surface area (Å²) >= 11 is 3.81. The van der Waals surface area contributed by atoms with E-state index in [2.05, 4.69) is 31.8 Å². The van der Waals surface area contributed by atoms with Gasteiger partial charge in [0.25, 0.3) is 0 Å². The molecule has 1 aromatic carbocycles. The molecule has 0 saturated carbocycles. The van der Waals surface area contributed by atoms with Crippen LogP contribution in [-0.2, 0) is 16.0 Å². The molecule has 0 saturated heterocycles. The molecule has 3 heterocycles. The Morgan fingerprint density at radius 3 is 2.78 bits per heavy atom. The number of hydrogen-bond acceptors (Lipinski definition) is 13. The van der Waals surface area contributed by atoms with Gasteiger partial charge in [0.1, 0.15) is 16.6 Å². The number of rotatable bonds is 8. The van der Waals surface area contributed by atoms with Crippen LogP contribution in [0.5, 0.6) is 5.75 Å². The van der Waals surface area contributed by atoms with Crippen molar-refractivity contribution in [1.29, 1.82) is 5.26 Å². The molecule has 1 aliphatic carbocycles. The molecule has 1 atom stereocenters. The number of nitrogens with two attached hydrogens (primary N) is 1. The molecular weight excluding hydrogens is 581 g/mol. The summed E-state index contributed by atoms with van der Waals surface area (Å²) in [6.07, 6.45) is 1.65. The molecule has 2 aliphatic rings. The van der Waals surface area contributed by atoms with E-state index in [1.807, 2.05) is 45.0 Å². The molecular formula is C27H28N8O3S3. The fraction of sp³-hybridized carbons (Fsp3) is 0.370. The van der Waals surface area contributed by atoms with Crippen molar-refractivity contribution in [3.05, 3.63) is 57.5 Å². The third-order valence-electron chi connectivity index (χ3n) is 6.74. The number of methoxy groups -OCH3 is 1. The highest BCUT2D eigenvalue weighted by Gasteiger charge is 2.45. The zero-order valence-electron chi connectivity index (χ0n) is 22.9. The van der Waals surface area contributed by atoms with Gasteiger partial charge in [-0.05, 0) is 36.0 Å². The summed E-state index contributed by atoms with van der Waals surface area (Å²) in [5, 5.41) is 31.4. The van der Waals surface area contributed by atoms with Crippen molar-refractivity contribution < 1.29 is 14.3 Å². The number of aromatic nitrogens is 4. The van der Waals surface area contributed by atoms with Gasteiger partial charge in [0.15, 0.2) is 10.1 Å². The smallest absolute Gasteiger partial charge is 0.236 e. The second-order valence-corrected chi connectivity index (χ2v) is 13.5. The topological polar surface area (TPSA) is 160 Å². The van der Waals surface area contributed by atoms with E-state index in [0.717, 1.165) is 17.0 Å². The lowest BCUT2D eigenvalue weighted by Crippen LogP contribution is -2.42. The van der Waals surface area contributed by atoms with E-state index in [9.17, 15) is 14.9 Å². The van der Waals surface area contributed by atoms with Crippen molar-refractivity contribution in [2.24, 2.45) is 11.1 Å². The highest BCUT2D eigenvalue weighted by molar-refractivity contribution is 8.01. The fourth-order valence-electron chi connectivity index (χ4n) is 4.96. The monoisotopic (exact) mass is 608 g/mol. The quantitative estimate of drug-likeness (QED) is 0.343. The molecule has 0 fully saturated rings. The molecule has 3 aromatic rings.